The van der Waals surface area contributed by atoms with E-state index in [9.17, 15) is 4.79 Å². The summed E-state index contributed by atoms with van der Waals surface area (Å²) >= 11 is 0. The van der Waals surface area contributed by atoms with E-state index in [2.05, 4.69) is 75.7 Å². The Kier molecular flexibility index (Phi) is 6.09. The SMILES string of the molecule is CCC(NC(=O)c1ncnc2c1cnn2C)c1ccc(Nc2ccc(C(C)(C)C)cc2)nc1. The van der Waals surface area contributed by atoms with E-state index < -0.39 is 0 Å². The number of hydrogen-bond donors (Lipinski definition) is 2. The van der Waals surface area contributed by atoms with Crippen LogP contribution in [-0.2, 0) is 12.5 Å². The summed E-state index contributed by atoms with van der Waals surface area (Å²) in [5.74, 6) is 0.486. The second-order valence-corrected chi connectivity index (χ2v) is 9.09. The molecule has 33 heavy (non-hydrogen) atoms. The van der Waals surface area contributed by atoms with Crippen molar-refractivity contribution in [2.45, 2.75) is 45.6 Å². The molecule has 0 bridgehead atoms. The zero-order valence-electron chi connectivity index (χ0n) is 19.6. The Hall–Kier alpha value is -3.81. The van der Waals surface area contributed by atoms with Gasteiger partial charge in [-0.1, -0.05) is 45.9 Å². The highest BCUT2D eigenvalue weighted by molar-refractivity contribution is 6.03. The molecule has 8 heteroatoms. The number of pyridine rings is 1. The van der Waals surface area contributed by atoms with E-state index in [0.717, 1.165) is 23.5 Å². The maximum absolute atomic E-state index is 12.9. The average Bonchev–Trinajstić information content (AvgIpc) is 3.18. The summed E-state index contributed by atoms with van der Waals surface area (Å²) in [5, 5.41) is 11.2. The molecule has 0 saturated heterocycles. The predicted octanol–water partition coefficient (Wildman–Crippen LogP) is 4.68. The molecule has 1 unspecified atom stereocenters. The number of nitrogens with one attached hydrogen (secondary N) is 2. The smallest absolute Gasteiger partial charge is 0.271 e. The van der Waals surface area contributed by atoms with Gasteiger partial charge in [-0.05, 0) is 41.2 Å². The minimum atomic E-state index is -0.261. The van der Waals surface area contributed by atoms with Crippen molar-refractivity contribution >= 4 is 28.4 Å². The highest BCUT2D eigenvalue weighted by Crippen LogP contribution is 2.25. The second-order valence-electron chi connectivity index (χ2n) is 9.09. The molecule has 3 heterocycles. The Labute approximate surface area is 193 Å². The first kappa shape index (κ1) is 22.4. The molecule has 4 rings (SSSR count). The molecule has 0 aliphatic heterocycles. The third-order valence-electron chi connectivity index (χ3n) is 5.67. The van der Waals surface area contributed by atoms with Crippen LogP contribution in [-0.4, -0.2) is 30.6 Å². The third kappa shape index (κ3) is 4.84. The van der Waals surface area contributed by atoms with Gasteiger partial charge in [-0.3, -0.25) is 9.48 Å². The molecule has 0 radical (unpaired) electrons. The topological polar surface area (TPSA) is 97.6 Å². The molecular weight excluding hydrogens is 414 g/mol. The van der Waals surface area contributed by atoms with Gasteiger partial charge in [0.25, 0.3) is 5.91 Å². The van der Waals surface area contributed by atoms with Crippen LogP contribution in [0.4, 0.5) is 11.5 Å². The number of amides is 1. The van der Waals surface area contributed by atoms with Gasteiger partial charge in [-0.25, -0.2) is 15.0 Å². The highest BCUT2D eigenvalue weighted by Gasteiger charge is 2.19. The predicted molar refractivity (Wildman–Crippen MR) is 129 cm³/mol. The average molecular weight is 444 g/mol. The summed E-state index contributed by atoms with van der Waals surface area (Å²) in [7, 11) is 1.78. The molecule has 4 aromatic rings. The van der Waals surface area contributed by atoms with Crippen molar-refractivity contribution in [3.63, 3.8) is 0 Å². The van der Waals surface area contributed by atoms with Gasteiger partial charge >= 0.3 is 0 Å². The molecule has 0 aliphatic rings. The minimum Gasteiger partial charge on any atom is -0.344 e. The van der Waals surface area contributed by atoms with Gasteiger partial charge in [0.05, 0.1) is 17.6 Å². The third-order valence-corrected chi connectivity index (χ3v) is 5.67. The Morgan fingerprint density at radius 3 is 2.42 bits per heavy atom. The first-order valence-corrected chi connectivity index (χ1v) is 11.0. The number of benzene rings is 1. The van der Waals surface area contributed by atoms with Crippen LogP contribution in [0.3, 0.4) is 0 Å². The summed E-state index contributed by atoms with van der Waals surface area (Å²) in [6.45, 7) is 8.61. The van der Waals surface area contributed by atoms with Gasteiger partial charge < -0.3 is 10.6 Å². The number of rotatable bonds is 6. The quantitative estimate of drug-likeness (QED) is 0.449. The first-order valence-electron chi connectivity index (χ1n) is 11.0. The van der Waals surface area contributed by atoms with Crippen LogP contribution in [0.2, 0.25) is 0 Å². The number of aromatic nitrogens is 5. The second kappa shape index (κ2) is 8.97. The lowest BCUT2D eigenvalue weighted by molar-refractivity contribution is 0.0932. The number of hydrogen-bond acceptors (Lipinski definition) is 6. The molecular formula is C25H29N7O. The van der Waals surface area contributed by atoms with E-state index >= 15 is 0 Å². The van der Waals surface area contributed by atoms with Gasteiger partial charge in [-0.2, -0.15) is 5.10 Å². The molecule has 1 aromatic carbocycles. The molecule has 1 atom stereocenters. The van der Waals surface area contributed by atoms with Crippen molar-refractivity contribution in [3.05, 3.63) is 71.9 Å². The van der Waals surface area contributed by atoms with Crippen molar-refractivity contribution in [1.82, 2.24) is 30.0 Å². The van der Waals surface area contributed by atoms with Crippen molar-refractivity contribution in [2.75, 3.05) is 5.32 Å². The number of anilines is 2. The molecule has 2 N–H and O–H groups in total. The molecule has 170 valence electrons. The number of aryl methyl sites for hydroxylation is 1. The van der Waals surface area contributed by atoms with Crippen LogP contribution in [0.1, 0.15) is 61.8 Å². The Balaban J connectivity index is 1.46. The molecule has 0 saturated carbocycles. The van der Waals surface area contributed by atoms with Crippen LogP contribution >= 0.6 is 0 Å². The van der Waals surface area contributed by atoms with E-state index in [1.54, 1.807) is 24.1 Å². The standard InChI is InChI=1S/C25H29N7O/c1-6-20(31-24(33)22-19-14-29-32(5)23(19)28-15-27-22)16-7-12-21(26-13-16)30-18-10-8-17(9-11-18)25(2,3)4/h7-15,20H,6H2,1-5H3,(H,26,30)(H,31,33). The zero-order chi connectivity index (χ0) is 23.6. The first-order chi connectivity index (χ1) is 15.8. The lowest BCUT2D eigenvalue weighted by atomic mass is 9.87. The van der Waals surface area contributed by atoms with Crippen molar-refractivity contribution in [3.8, 4) is 0 Å². The van der Waals surface area contributed by atoms with E-state index in [1.807, 2.05) is 19.1 Å². The van der Waals surface area contributed by atoms with E-state index in [1.165, 1.54) is 11.9 Å². The minimum absolute atomic E-state index is 0.118. The van der Waals surface area contributed by atoms with Crippen LogP contribution < -0.4 is 10.6 Å². The van der Waals surface area contributed by atoms with Gasteiger partial charge in [0.15, 0.2) is 5.65 Å². The van der Waals surface area contributed by atoms with Gasteiger partial charge in [0.1, 0.15) is 17.8 Å². The van der Waals surface area contributed by atoms with Crippen LogP contribution in [0.5, 0.6) is 0 Å². The van der Waals surface area contributed by atoms with Crippen molar-refractivity contribution < 1.29 is 4.79 Å². The monoisotopic (exact) mass is 443 g/mol. The van der Waals surface area contributed by atoms with Gasteiger partial charge in [-0.15, -0.1) is 0 Å². The molecule has 0 spiro atoms. The van der Waals surface area contributed by atoms with E-state index in [-0.39, 0.29) is 17.4 Å². The normalized spacial score (nSPS) is 12.5. The van der Waals surface area contributed by atoms with E-state index in [4.69, 9.17) is 0 Å². The molecule has 0 aliphatic carbocycles. The summed E-state index contributed by atoms with van der Waals surface area (Å²) in [5.41, 5.74) is 4.24. The maximum Gasteiger partial charge on any atom is 0.271 e. The lowest BCUT2D eigenvalue weighted by Gasteiger charge is -2.19. The fraction of sp³-hybridized carbons (Fsp3) is 0.320. The molecule has 1 amide bonds. The number of carbonyl (C=O) groups excluding carboxylic acids is 1. The fourth-order valence-corrected chi connectivity index (χ4v) is 3.68. The van der Waals surface area contributed by atoms with E-state index in [0.29, 0.717) is 16.7 Å². The Morgan fingerprint density at radius 2 is 1.79 bits per heavy atom. The Bertz CT molecular complexity index is 1250. The zero-order valence-corrected chi connectivity index (χ0v) is 19.6. The summed E-state index contributed by atoms with van der Waals surface area (Å²) in [4.78, 5) is 25.9. The maximum atomic E-state index is 12.9. The van der Waals surface area contributed by atoms with Crippen LogP contribution in [0, 0.1) is 0 Å². The summed E-state index contributed by atoms with van der Waals surface area (Å²) < 4.78 is 1.62. The highest BCUT2D eigenvalue weighted by atomic mass is 16.2. The van der Waals surface area contributed by atoms with Crippen LogP contribution in [0.25, 0.3) is 11.0 Å². The van der Waals surface area contributed by atoms with Gasteiger partial charge in [0.2, 0.25) is 0 Å². The molecule has 8 nitrogen and oxygen atoms in total. The fourth-order valence-electron chi connectivity index (χ4n) is 3.68. The largest absolute Gasteiger partial charge is 0.344 e. The van der Waals surface area contributed by atoms with Crippen molar-refractivity contribution in [1.29, 1.82) is 0 Å². The number of nitrogens with zero attached hydrogens (tertiary/aromatic N) is 5. The number of fused-ring (bicyclic) bond motifs is 1. The lowest BCUT2D eigenvalue weighted by Crippen LogP contribution is -2.29. The summed E-state index contributed by atoms with van der Waals surface area (Å²) in [6, 6.07) is 12.1. The number of carbonyl (C=O) groups is 1. The van der Waals surface area contributed by atoms with Gasteiger partial charge in [0, 0.05) is 18.9 Å². The Morgan fingerprint density at radius 1 is 1.03 bits per heavy atom. The molecule has 3 aromatic heterocycles. The summed E-state index contributed by atoms with van der Waals surface area (Å²) in [6.07, 6.45) is 5.51. The van der Waals surface area contributed by atoms with Crippen molar-refractivity contribution in [2.24, 2.45) is 7.05 Å². The van der Waals surface area contributed by atoms with Crippen LogP contribution in [0.15, 0.2) is 55.1 Å². The molecule has 0 fully saturated rings.